The van der Waals surface area contributed by atoms with Crippen molar-refractivity contribution in [3.63, 3.8) is 0 Å². The molecule has 0 saturated carbocycles. The van der Waals surface area contributed by atoms with E-state index in [4.69, 9.17) is 5.73 Å². The third kappa shape index (κ3) is 7.19. The van der Waals surface area contributed by atoms with E-state index in [0.717, 1.165) is 25.6 Å². The van der Waals surface area contributed by atoms with E-state index in [-0.39, 0.29) is 24.0 Å². The highest BCUT2D eigenvalue weighted by Gasteiger charge is 2.22. The van der Waals surface area contributed by atoms with Gasteiger partial charge in [0, 0.05) is 25.7 Å². The summed E-state index contributed by atoms with van der Waals surface area (Å²) in [7, 11) is 0. The molecule has 0 bridgehead atoms. The number of benzene rings is 1. The molecule has 0 aromatic heterocycles. The Labute approximate surface area is 188 Å². The third-order valence-corrected chi connectivity index (χ3v) is 6.03. The zero-order valence-electron chi connectivity index (χ0n) is 17.6. The Kier molecular flexibility index (Phi) is 10.0. The molecule has 28 heavy (non-hydrogen) atoms. The van der Waals surface area contributed by atoms with Gasteiger partial charge in [0.2, 0.25) is 0 Å². The molecule has 3 rings (SSSR count). The molecule has 2 aliphatic heterocycles. The van der Waals surface area contributed by atoms with Gasteiger partial charge in [0.05, 0.1) is 6.54 Å². The molecule has 2 heterocycles. The second-order valence-electron chi connectivity index (χ2n) is 8.31. The van der Waals surface area contributed by atoms with Crippen molar-refractivity contribution in [3.8, 4) is 0 Å². The quantitative estimate of drug-likeness (QED) is 0.343. The molecule has 158 valence electrons. The van der Waals surface area contributed by atoms with Crippen LogP contribution in [-0.2, 0) is 13.1 Å². The average molecular weight is 499 g/mol. The van der Waals surface area contributed by atoms with Crippen molar-refractivity contribution in [2.24, 2.45) is 16.6 Å². The molecule has 1 aromatic carbocycles. The Morgan fingerprint density at radius 3 is 2.57 bits per heavy atom. The summed E-state index contributed by atoms with van der Waals surface area (Å²) in [6.45, 7) is 12.0. The number of nitrogens with two attached hydrogens (primary N) is 1. The number of likely N-dealkylation sites (tertiary alicyclic amines) is 2. The van der Waals surface area contributed by atoms with Gasteiger partial charge in [-0.05, 0) is 62.4 Å². The fourth-order valence-corrected chi connectivity index (χ4v) is 4.44. The van der Waals surface area contributed by atoms with Gasteiger partial charge in [-0.3, -0.25) is 9.80 Å². The number of rotatable bonds is 7. The van der Waals surface area contributed by atoms with Crippen LogP contribution in [0.5, 0.6) is 0 Å². The molecule has 0 aliphatic carbocycles. The SMILES string of the molecule is CCN1CCCC1CNC(N)=NCc1ccc(CN2CCCC(C)C2)cc1.I. The molecule has 0 radical (unpaired) electrons. The summed E-state index contributed by atoms with van der Waals surface area (Å²) in [5, 5.41) is 3.31. The Hall–Kier alpha value is -0.860. The smallest absolute Gasteiger partial charge is 0.188 e. The maximum absolute atomic E-state index is 6.07. The number of aliphatic imine (C=N–C) groups is 1. The van der Waals surface area contributed by atoms with E-state index in [9.17, 15) is 0 Å². The lowest BCUT2D eigenvalue weighted by Crippen LogP contribution is -2.42. The summed E-state index contributed by atoms with van der Waals surface area (Å²) in [6.07, 6.45) is 5.25. The van der Waals surface area contributed by atoms with Crippen LogP contribution in [0.3, 0.4) is 0 Å². The zero-order chi connectivity index (χ0) is 19.1. The van der Waals surface area contributed by atoms with Gasteiger partial charge in [0.1, 0.15) is 0 Å². The van der Waals surface area contributed by atoms with Gasteiger partial charge in [-0.15, -0.1) is 24.0 Å². The van der Waals surface area contributed by atoms with Crippen molar-refractivity contribution >= 4 is 29.9 Å². The minimum Gasteiger partial charge on any atom is -0.370 e. The molecule has 2 aliphatic rings. The van der Waals surface area contributed by atoms with E-state index >= 15 is 0 Å². The van der Waals surface area contributed by atoms with E-state index in [0.29, 0.717) is 18.5 Å². The van der Waals surface area contributed by atoms with Crippen LogP contribution in [0.25, 0.3) is 0 Å². The molecule has 3 N–H and O–H groups in total. The summed E-state index contributed by atoms with van der Waals surface area (Å²) in [5.74, 6) is 1.39. The molecular formula is C22H38IN5. The standard InChI is InChI=1S/C22H37N5.HI/c1-3-27-13-5-7-21(27)15-25-22(23)24-14-19-8-10-20(11-9-19)17-26-12-4-6-18(2)16-26;/h8-11,18,21H,3-7,12-17H2,1-2H3,(H3,23,24,25);1H. The van der Waals surface area contributed by atoms with Crippen LogP contribution in [0, 0.1) is 5.92 Å². The van der Waals surface area contributed by atoms with Gasteiger partial charge in [-0.25, -0.2) is 4.99 Å². The summed E-state index contributed by atoms with van der Waals surface area (Å²) in [4.78, 5) is 9.61. The molecule has 0 amide bonds. The molecule has 5 nitrogen and oxygen atoms in total. The number of hydrogen-bond acceptors (Lipinski definition) is 3. The minimum absolute atomic E-state index is 0. The number of nitrogens with one attached hydrogen (secondary N) is 1. The first-order valence-electron chi connectivity index (χ1n) is 10.7. The Morgan fingerprint density at radius 2 is 1.86 bits per heavy atom. The van der Waals surface area contributed by atoms with Crippen molar-refractivity contribution in [1.29, 1.82) is 0 Å². The zero-order valence-corrected chi connectivity index (χ0v) is 19.9. The molecule has 2 atom stereocenters. The Balaban J connectivity index is 0.00000280. The van der Waals surface area contributed by atoms with Crippen LogP contribution in [0.4, 0.5) is 0 Å². The van der Waals surface area contributed by atoms with E-state index in [2.05, 4.69) is 58.2 Å². The normalized spacial score (nSPS) is 24.1. The highest BCUT2D eigenvalue weighted by molar-refractivity contribution is 14.0. The maximum Gasteiger partial charge on any atom is 0.188 e. The van der Waals surface area contributed by atoms with Gasteiger partial charge in [-0.2, -0.15) is 0 Å². The topological polar surface area (TPSA) is 56.9 Å². The van der Waals surface area contributed by atoms with Crippen molar-refractivity contribution in [2.75, 3.05) is 32.7 Å². The summed E-state index contributed by atoms with van der Waals surface area (Å²) in [6, 6.07) is 9.46. The lowest BCUT2D eigenvalue weighted by Gasteiger charge is -2.30. The molecule has 2 unspecified atom stereocenters. The number of likely N-dealkylation sites (N-methyl/N-ethyl adjacent to an activating group) is 1. The number of hydrogen-bond donors (Lipinski definition) is 2. The maximum atomic E-state index is 6.07. The lowest BCUT2D eigenvalue weighted by molar-refractivity contribution is 0.176. The molecule has 2 saturated heterocycles. The lowest BCUT2D eigenvalue weighted by atomic mass is 9.99. The van der Waals surface area contributed by atoms with Gasteiger partial charge in [0.25, 0.3) is 0 Å². The summed E-state index contributed by atoms with van der Waals surface area (Å²) >= 11 is 0. The van der Waals surface area contributed by atoms with Crippen LogP contribution >= 0.6 is 24.0 Å². The third-order valence-electron chi connectivity index (χ3n) is 6.03. The summed E-state index contributed by atoms with van der Waals surface area (Å²) in [5.41, 5.74) is 8.67. The van der Waals surface area contributed by atoms with Gasteiger partial charge < -0.3 is 11.1 Å². The van der Waals surface area contributed by atoms with Gasteiger partial charge in [0.15, 0.2) is 5.96 Å². The number of piperidine rings is 1. The summed E-state index contributed by atoms with van der Waals surface area (Å²) < 4.78 is 0. The van der Waals surface area contributed by atoms with Gasteiger partial charge in [-0.1, -0.05) is 38.1 Å². The van der Waals surface area contributed by atoms with E-state index < -0.39 is 0 Å². The first-order valence-corrected chi connectivity index (χ1v) is 10.7. The fraction of sp³-hybridized carbons (Fsp3) is 0.682. The van der Waals surface area contributed by atoms with Crippen molar-refractivity contribution < 1.29 is 0 Å². The van der Waals surface area contributed by atoms with Crippen molar-refractivity contribution in [2.45, 2.75) is 58.7 Å². The Morgan fingerprint density at radius 1 is 1.14 bits per heavy atom. The second kappa shape index (κ2) is 12.0. The van der Waals surface area contributed by atoms with E-state index in [1.165, 1.54) is 56.4 Å². The van der Waals surface area contributed by atoms with Crippen LogP contribution < -0.4 is 11.1 Å². The van der Waals surface area contributed by atoms with Crippen LogP contribution in [0.2, 0.25) is 0 Å². The molecule has 6 heteroatoms. The monoisotopic (exact) mass is 499 g/mol. The van der Waals surface area contributed by atoms with Crippen molar-refractivity contribution in [3.05, 3.63) is 35.4 Å². The van der Waals surface area contributed by atoms with Gasteiger partial charge >= 0.3 is 0 Å². The second-order valence-corrected chi connectivity index (χ2v) is 8.31. The van der Waals surface area contributed by atoms with Crippen LogP contribution in [-0.4, -0.2) is 54.5 Å². The van der Waals surface area contributed by atoms with Crippen molar-refractivity contribution in [1.82, 2.24) is 15.1 Å². The molecule has 1 aromatic rings. The highest BCUT2D eigenvalue weighted by atomic mass is 127. The van der Waals surface area contributed by atoms with E-state index in [1.54, 1.807) is 0 Å². The number of nitrogens with zero attached hydrogens (tertiary/aromatic N) is 3. The highest BCUT2D eigenvalue weighted by Crippen LogP contribution is 2.18. The van der Waals surface area contributed by atoms with Crippen LogP contribution in [0.1, 0.15) is 50.7 Å². The molecule has 0 spiro atoms. The van der Waals surface area contributed by atoms with Crippen LogP contribution in [0.15, 0.2) is 29.3 Å². The fourth-order valence-electron chi connectivity index (χ4n) is 4.44. The molecular weight excluding hydrogens is 461 g/mol. The molecule has 2 fully saturated rings. The number of halogens is 1. The first kappa shape index (κ1) is 23.4. The first-order chi connectivity index (χ1) is 13.1. The average Bonchev–Trinajstić information content (AvgIpc) is 3.13. The Bertz CT molecular complexity index is 603. The number of guanidine groups is 1. The largest absolute Gasteiger partial charge is 0.370 e. The predicted molar refractivity (Wildman–Crippen MR) is 129 cm³/mol. The predicted octanol–water partition coefficient (Wildman–Crippen LogP) is 3.43. The van der Waals surface area contributed by atoms with E-state index in [1.807, 2.05) is 0 Å². The minimum atomic E-state index is 0.